The van der Waals surface area contributed by atoms with E-state index in [1.54, 1.807) is 4.90 Å². The molecule has 0 atom stereocenters. The molecule has 20 heavy (non-hydrogen) atoms. The molecule has 6 nitrogen and oxygen atoms in total. The van der Waals surface area contributed by atoms with Crippen molar-refractivity contribution in [1.29, 1.82) is 0 Å². The fraction of sp³-hybridized carbons (Fsp3) is 0.692. The van der Waals surface area contributed by atoms with Gasteiger partial charge in [0.1, 0.15) is 10.7 Å². The van der Waals surface area contributed by atoms with Gasteiger partial charge in [-0.3, -0.25) is 4.79 Å². The Morgan fingerprint density at radius 3 is 2.75 bits per heavy atom. The van der Waals surface area contributed by atoms with E-state index in [4.69, 9.17) is 10.8 Å². The second kappa shape index (κ2) is 8.06. The van der Waals surface area contributed by atoms with Gasteiger partial charge in [0.15, 0.2) is 5.13 Å². The maximum atomic E-state index is 12.4. The van der Waals surface area contributed by atoms with Crippen molar-refractivity contribution in [2.45, 2.75) is 27.2 Å². The molecule has 4 N–H and O–H groups in total. The van der Waals surface area contributed by atoms with E-state index in [1.807, 2.05) is 6.92 Å². The summed E-state index contributed by atoms with van der Waals surface area (Å²) in [6.07, 6.45) is 0.836. The van der Waals surface area contributed by atoms with Gasteiger partial charge < -0.3 is 21.1 Å². The summed E-state index contributed by atoms with van der Waals surface area (Å²) in [6, 6.07) is 0. The lowest BCUT2D eigenvalue weighted by Gasteiger charge is -2.20. The number of hydrogen-bond acceptors (Lipinski definition) is 6. The van der Waals surface area contributed by atoms with E-state index in [0.717, 1.165) is 13.0 Å². The van der Waals surface area contributed by atoms with Crippen LogP contribution in [-0.4, -0.2) is 47.1 Å². The molecule has 0 aliphatic rings. The van der Waals surface area contributed by atoms with Gasteiger partial charge in [-0.2, -0.15) is 0 Å². The molecule has 0 radical (unpaired) electrons. The fourth-order valence-corrected chi connectivity index (χ4v) is 2.56. The maximum Gasteiger partial charge on any atom is 0.267 e. The topological polar surface area (TPSA) is 91.5 Å². The van der Waals surface area contributed by atoms with Crippen molar-refractivity contribution >= 4 is 28.2 Å². The smallest absolute Gasteiger partial charge is 0.267 e. The lowest BCUT2D eigenvalue weighted by molar-refractivity contribution is 0.0727. The standard InChI is InChI=1S/C13H24N4O2S/c1-4-5-17(6-7-18)12(19)10-11(14)16-13(20-10)15-8-9(2)3/h9,18H,4-8,14H2,1-3H3,(H,15,16). The van der Waals surface area contributed by atoms with Gasteiger partial charge in [-0.1, -0.05) is 32.1 Å². The van der Waals surface area contributed by atoms with Gasteiger partial charge in [-0.05, 0) is 12.3 Å². The number of aliphatic hydroxyl groups is 1. The monoisotopic (exact) mass is 300 g/mol. The number of nitrogens with one attached hydrogen (secondary N) is 1. The highest BCUT2D eigenvalue weighted by molar-refractivity contribution is 7.18. The highest BCUT2D eigenvalue weighted by Gasteiger charge is 2.21. The average Bonchev–Trinajstić information content (AvgIpc) is 2.76. The molecule has 0 saturated carbocycles. The van der Waals surface area contributed by atoms with Gasteiger partial charge in [-0.15, -0.1) is 0 Å². The Morgan fingerprint density at radius 1 is 1.50 bits per heavy atom. The summed E-state index contributed by atoms with van der Waals surface area (Å²) >= 11 is 1.27. The molecule has 0 unspecified atom stereocenters. The van der Waals surface area contributed by atoms with Crippen molar-refractivity contribution in [3.63, 3.8) is 0 Å². The first-order valence-electron chi connectivity index (χ1n) is 6.89. The number of nitrogen functional groups attached to an aromatic ring is 1. The Balaban J connectivity index is 2.80. The highest BCUT2D eigenvalue weighted by atomic mass is 32.1. The average molecular weight is 300 g/mol. The zero-order valence-electron chi connectivity index (χ0n) is 12.3. The number of rotatable bonds is 8. The lowest BCUT2D eigenvalue weighted by atomic mass is 10.2. The lowest BCUT2D eigenvalue weighted by Crippen LogP contribution is -2.34. The van der Waals surface area contributed by atoms with Crippen LogP contribution < -0.4 is 11.1 Å². The number of nitrogens with zero attached hydrogens (tertiary/aromatic N) is 2. The molecule has 0 aliphatic carbocycles. The number of hydrogen-bond donors (Lipinski definition) is 3. The van der Waals surface area contributed by atoms with Crippen molar-refractivity contribution in [3.8, 4) is 0 Å². The van der Waals surface area contributed by atoms with Crippen LogP contribution in [-0.2, 0) is 0 Å². The summed E-state index contributed by atoms with van der Waals surface area (Å²) < 4.78 is 0. The van der Waals surface area contributed by atoms with Crippen molar-refractivity contribution in [2.75, 3.05) is 37.3 Å². The first-order chi connectivity index (χ1) is 9.49. The van der Waals surface area contributed by atoms with E-state index < -0.39 is 0 Å². The van der Waals surface area contributed by atoms with Gasteiger partial charge >= 0.3 is 0 Å². The van der Waals surface area contributed by atoms with Crippen LogP contribution in [0, 0.1) is 5.92 Å². The first-order valence-corrected chi connectivity index (χ1v) is 7.71. The number of anilines is 2. The Kier molecular flexibility index (Phi) is 6.74. The Bertz CT molecular complexity index is 428. The maximum absolute atomic E-state index is 12.4. The molecule has 1 rings (SSSR count). The van der Waals surface area contributed by atoms with E-state index >= 15 is 0 Å². The first kappa shape index (κ1) is 16.7. The number of carbonyl (C=O) groups is 1. The minimum Gasteiger partial charge on any atom is -0.395 e. The molecule has 7 heteroatoms. The van der Waals surface area contributed by atoms with Crippen molar-refractivity contribution in [1.82, 2.24) is 9.88 Å². The van der Waals surface area contributed by atoms with Crippen LogP contribution in [0.25, 0.3) is 0 Å². The molecule has 1 heterocycles. The van der Waals surface area contributed by atoms with E-state index in [1.165, 1.54) is 11.3 Å². The van der Waals surface area contributed by atoms with Crippen LogP contribution >= 0.6 is 11.3 Å². The second-order valence-electron chi connectivity index (χ2n) is 5.02. The summed E-state index contributed by atoms with van der Waals surface area (Å²) in [7, 11) is 0. The zero-order chi connectivity index (χ0) is 15.1. The summed E-state index contributed by atoms with van der Waals surface area (Å²) in [5, 5.41) is 12.9. The van der Waals surface area contributed by atoms with Crippen LogP contribution in [0.2, 0.25) is 0 Å². The second-order valence-corrected chi connectivity index (χ2v) is 6.02. The zero-order valence-corrected chi connectivity index (χ0v) is 13.2. The molecular weight excluding hydrogens is 276 g/mol. The predicted molar refractivity (Wildman–Crippen MR) is 83.1 cm³/mol. The molecule has 1 aromatic rings. The number of carbonyl (C=O) groups excluding carboxylic acids is 1. The third-order valence-corrected chi connectivity index (χ3v) is 3.68. The molecule has 1 aromatic heterocycles. The highest BCUT2D eigenvalue weighted by Crippen LogP contribution is 2.26. The molecule has 0 aliphatic heterocycles. The molecule has 0 bridgehead atoms. The van der Waals surface area contributed by atoms with Crippen LogP contribution in [0.3, 0.4) is 0 Å². The molecule has 1 amide bonds. The summed E-state index contributed by atoms with van der Waals surface area (Å²) in [5.41, 5.74) is 5.83. The van der Waals surface area contributed by atoms with E-state index in [-0.39, 0.29) is 18.3 Å². The van der Waals surface area contributed by atoms with Crippen molar-refractivity contribution < 1.29 is 9.90 Å². The van der Waals surface area contributed by atoms with E-state index in [2.05, 4.69) is 24.1 Å². The molecular formula is C13H24N4O2S. The van der Waals surface area contributed by atoms with Gasteiger partial charge in [0.25, 0.3) is 5.91 Å². The summed E-state index contributed by atoms with van der Waals surface area (Å²) in [4.78, 5) is 18.6. The van der Waals surface area contributed by atoms with Crippen LogP contribution in [0.5, 0.6) is 0 Å². The minimum absolute atomic E-state index is 0.0527. The van der Waals surface area contributed by atoms with Gasteiger partial charge in [0.2, 0.25) is 0 Å². The third-order valence-electron chi connectivity index (χ3n) is 2.66. The summed E-state index contributed by atoms with van der Waals surface area (Å²) in [5.74, 6) is 0.587. The SMILES string of the molecule is CCCN(CCO)C(=O)c1sc(NCC(C)C)nc1N. The molecule has 0 fully saturated rings. The predicted octanol–water partition coefficient (Wildman–Crippen LogP) is 1.64. The number of aromatic nitrogens is 1. The van der Waals surface area contributed by atoms with Crippen LogP contribution in [0.4, 0.5) is 10.9 Å². The van der Waals surface area contributed by atoms with Crippen molar-refractivity contribution in [2.24, 2.45) is 5.92 Å². The summed E-state index contributed by atoms with van der Waals surface area (Å²) in [6.45, 7) is 7.84. The van der Waals surface area contributed by atoms with Gasteiger partial charge in [0, 0.05) is 19.6 Å². The minimum atomic E-state index is -0.159. The van der Waals surface area contributed by atoms with Crippen LogP contribution in [0.1, 0.15) is 36.9 Å². The molecule has 0 saturated heterocycles. The van der Waals surface area contributed by atoms with E-state index in [0.29, 0.717) is 29.0 Å². The Morgan fingerprint density at radius 2 is 2.20 bits per heavy atom. The third kappa shape index (κ3) is 4.64. The quantitative estimate of drug-likeness (QED) is 0.679. The van der Waals surface area contributed by atoms with Crippen molar-refractivity contribution in [3.05, 3.63) is 4.88 Å². The fourth-order valence-electron chi connectivity index (χ4n) is 1.70. The number of aliphatic hydroxyl groups excluding tert-OH is 1. The number of nitrogens with two attached hydrogens (primary N) is 1. The molecule has 0 spiro atoms. The Hall–Kier alpha value is -1.34. The van der Waals surface area contributed by atoms with Crippen LogP contribution in [0.15, 0.2) is 0 Å². The normalized spacial score (nSPS) is 10.8. The van der Waals surface area contributed by atoms with Gasteiger partial charge in [0.05, 0.1) is 6.61 Å². The van der Waals surface area contributed by atoms with E-state index in [9.17, 15) is 4.79 Å². The number of amides is 1. The Labute approximate surface area is 124 Å². The molecule has 0 aromatic carbocycles. The van der Waals surface area contributed by atoms with Gasteiger partial charge in [-0.25, -0.2) is 4.98 Å². The largest absolute Gasteiger partial charge is 0.395 e. The molecule has 114 valence electrons. The number of thiazole rings is 1.